The van der Waals surface area contributed by atoms with Crippen LogP contribution < -0.4 is 36.2 Å². The second-order valence-electron chi connectivity index (χ2n) is 8.46. The average Bonchev–Trinajstić information content (AvgIpc) is 3.39. The van der Waals surface area contributed by atoms with E-state index in [1.165, 1.54) is 24.1 Å². The van der Waals surface area contributed by atoms with Crippen molar-refractivity contribution in [2.45, 2.75) is 25.9 Å². The highest BCUT2D eigenvalue weighted by atomic mass is 19.1. The zero-order valence-corrected chi connectivity index (χ0v) is 18.3. The van der Waals surface area contributed by atoms with Crippen LogP contribution in [0.2, 0.25) is 0 Å². The standard InChI is InChI=1S/C21H28FN7O4/c1-13(30)24-9-16-12-28(21(32)33-16)15-2-3-18(17(22)8-15)27-6-4-14(5-7-27)11-29-19(20(23)31)10-25-26-29/h2-3,8,10,14,16,25-26H,4-7,9,11-12H2,1H3,(H2,23,31)(H,24,30)/t16-/m0/s1. The molecule has 0 aromatic heterocycles. The van der Waals surface area contributed by atoms with Crippen molar-refractivity contribution in [1.82, 2.24) is 16.3 Å². The van der Waals surface area contributed by atoms with Crippen molar-refractivity contribution in [3.05, 3.63) is 35.9 Å². The first-order valence-electron chi connectivity index (χ1n) is 10.9. The molecular formula is C21H28FN7O4. The molecule has 3 heterocycles. The van der Waals surface area contributed by atoms with Crippen LogP contribution in [-0.2, 0) is 9.53 Å². The van der Waals surface area contributed by atoms with Gasteiger partial charge in [-0.2, -0.15) is 0 Å². The Labute approximate surface area is 190 Å². The second-order valence-corrected chi connectivity index (χ2v) is 8.46. The summed E-state index contributed by atoms with van der Waals surface area (Å²) in [5.74, 6) is -1.01. The van der Waals surface area contributed by atoms with Crippen molar-refractivity contribution in [3.63, 3.8) is 0 Å². The Hall–Kier alpha value is -3.38. The van der Waals surface area contributed by atoms with E-state index in [-0.39, 0.29) is 19.0 Å². The van der Waals surface area contributed by atoms with Gasteiger partial charge in [-0.05, 0) is 31.0 Å². The molecule has 2 saturated heterocycles. The van der Waals surface area contributed by atoms with Gasteiger partial charge < -0.3 is 25.5 Å². The molecule has 1 aromatic rings. The molecule has 0 radical (unpaired) electrons. The first-order chi connectivity index (χ1) is 15.8. The predicted octanol–water partition coefficient (Wildman–Crippen LogP) is -1.41. The monoisotopic (exact) mass is 461 g/mol. The van der Waals surface area contributed by atoms with Gasteiger partial charge in [0.15, 0.2) is 5.70 Å². The number of cyclic esters (lactones) is 1. The lowest BCUT2D eigenvalue weighted by Crippen LogP contribution is -3.17. The Morgan fingerprint density at radius 1 is 1.39 bits per heavy atom. The lowest BCUT2D eigenvalue weighted by atomic mass is 9.96. The van der Waals surface area contributed by atoms with Crippen LogP contribution in [0.25, 0.3) is 0 Å². The van der Waals surface area contributed by atoms with E-state index in [9.17, 15) is 19.1 Å². The summed E-state index contributed by atoms with van der Waals surface area (Å²) in [6, 6.07) is 4.72. The lowest BCUT2D eigenvalue weighted by Gasteiger charge is -2.34. The molecule has 5 N–H and O–H groups in total. The highest BCUT2D eigenvalue weighted by Gasteiger charge is 2.33. The molecule has 3 aliphatic rings. The molecule has 33 heavy (non-hydrogen) atoms. The maximum absolute atomic E-state index is 15.0. The molecule has 4 rings (SSSR count). The third-order valence-electron chi connectivity index (χ3n) is 6.15. The molecule has 11 nitrogen and oxygen atoms in total. The van der Waals surface area contributed by atoms with Crippen LogP contribution in [0.3, 0.4) is 0 Å². The number of carbonyl (C=O) groups is 2. The van der Waals surface area contributed by atoms with Gasteiger partial charge in [0.2, 0.25) is 5.91 Å². The van der Waals surface area contributed by atoms with Crippen LogP contribution in [0.1, 0.15) is 19.8 Å². The quantitative estimate of drug-likeness (QED) is 0.249. The van der Waals surface area contributed by atoms with Crippen LogP contribution >= 0.6 is 0 Å². The average molecular weight is 461 g/mol. The normalized spacial score (nSPS) is 23.2. The molecule has 178 valence electrons. The number of hydrogen-bond donors (Lipinski definition) is 5. The first-order valence-corrected chi connectivity index (χ1v) is 10.9. The number of piperidine rings is 1. The molecule has 2 amide bonds. The van der Waals surface area contributed by atoms with Gasteiger partial charge in [-0.15, -0.1) is 0 Å². The van der Waals surface area contributed by atoms with E-state index in [2.05, 4.69) is 16.3 Å². The highest BCUT2D eigenvalue weighted by molar-refractivity contribution is 5.90. The fourth-order valence-corrected chi connectivity index (χ4v) is 4.40. The molecule has 2 atom stereocenters. The van der Waals surface area contributed by atoms with E-state index >= 15 is 0 Å². The van der Waals surface area contributed by atoms with Crippen molar-refractivity contribution in [3.8, 4) is 0 Å². The van der Waals surface area contributed by atoms with Crippen molar-refractivity contribution < 1.29 is 28.8 Å². The summed E-state index contributed by atoms with van der Waals surface area (Å²) in [7, 11) is 0. The Bertz CT molecular complexity index is 964. The molecular weight excluding hydrogens is 433 g/mol. The van der Waals surface area contributed by atoms with Crippen molar-refractivity contribution >= 4 is 29.3 Å². The SMILES string of the molecule is CC(=O)NC[C@H]1CN(c2ccc(N3CCC(C[NH+]4NNC=C4C(=N)[O-])CC3)c(F)c2)C(=O)O1. The number of rotatable bonds is 7. The van der Waals surface area contributed by atoms with E-state index in [1.807, 2.05) is 4.90 Å². The van der Waals surface area contributed by atoms with Crippen LogP contribution in [-0.4, -0.2) is 56.7 Å². The number of hydrogen-bond acceptors (Lipinski definition) is 8. The zero-order valence-electron chi connectivity index (χ0n) is 18.3. The number of nitrogens with zero attached hydrogens (tertiary/aromatic N) is 2. The Morgan fingerprint density at radius 2 is 2.15 bits per heavy atom. The fraction of sp³-hybridized carbons (Fsp3) is 0.476. The van der Waals surface area contributed by atoms with E-state index < -0.39 is 23.9 Å². The minimum absolute atomic E-state index is 0.208. The molecule has 0 saturated carbocycles. The van der Waals surface area contributed by atoms with E-state index in [1.54, 1.807) is 12.1 Å². The topological polar surface area (TPSA) is 137 Å². The van der Waals surface area contributed by atoms with Crippen LogP contribution in [0, 0.1) is 17.1 Å². The molecule has 0 bridgehead atoms. The van der Waals surface area contributed by atoms with E-state index in [0.29, 0.717) is 42.6 Å². The minimum atomic E-state index is -0.717. The number of quaternary nitrogens is 1. The summed E-state index contributed by atoms with van der Waals surface area (Å²) in [5.41, 5.74) is 6.97. The Balaban J connectivity index is 1.33. The summed E-state index contributed by atoms with van der Waals surface area (Å²) in [4.78, 5) is 26.6. The Kier molecular flexibility index (Phi) is 6.65. The smallest absolute Gasteiger partial charge is 0.414 e. The largest absolute Gasteiger partial charge is 0.855 e. The van der Waals surface area contributed by atoms with Crippen molar-refractivity contribution in [2.75, 3.05) is 42.5 Å². The summed E-state index contributed by atoms with van der Waals surface area (Å²) in [5, 5.41) is 22.1. The third kappa shape index (κ3) is 5.17. The number of benzene rings is 1. The lowest BCUT2D eigenvalue weighted by molar-refractivity contribution is -0.905. The number of halogens is 1. The van der Waals surface area contributed by atoms with Gasteiger partial charge in [0.25, 0.3) is 0 Å². The van der Waals surface area contributed by atoms with Crippen molar-refractivity contribution in [1.29, 1.82) is 5.41 Å². The minimum Gasteiger partial charge on any atom is -0.855 e. The maximum atomic E-state index is 15.0. The molecule has 2 fully saturated rings. The summed E-state index contributed by atoms with van der Waals surface area (Å²) >= 11 is 0. The molecule has 1 aromatic carbocycles. The van der Waals surface area contributed by atoms with Gasteiger partial charge in [-0.1, -0.05) is 5.53 Å². The second kappa shape index (κ2) is 9.63. The van der Waals surface area contributed by atoms with Gasteiger partial charge in [0, 0.05) is 31.8 Å². The molecule has 0 aliphatic carbocycles. The van der Waals surface area contributed by atoms with Gasteiger partial charge in [-0.25, -0.2) is 14.2 Å². The van der Waals surface area contributed by atoms with Crippen molar-refractivity contribution in [2.24, 2.45) is 5.92 Å². The zero-order chi connectivity index (χ0) is 23.5. The Morgan fingerprint density at radius 3 is 2.82 bits per heavy atom. The van der Waals surface area contributed by atoms with Crippen LogP contribution in [0.15, 0.2) is 30.1 Å². The number of nitrogens with one attached hydrogen (secondary N) is 5. The van der Waals surface area contributed by atoms with Crippen LogP contribution in [0.5, 0.6) is 0 Å². The summed E-state index contributed by atoms with van der Waals surface area (Å²) in [6.07, 6.45) is 2.12. The first kappa shape index (κ1) is 22.8. The molecule has 1 unspecified atom stereocenters. The predicted molar refractivity (Wildman–Crippen MR) is 116 cm³/mol. The molecule has 12 heteroatoms. The van der Waals surface area contributed by atoms with Crippen LogP contribution in [0.4, 0.5) is 20.6 Å². The number of hydrazine groups is 1. The van der Waals surface area contributed by atoms with Gasteiger partial charge in [-0.3, -0.25) is 15.1 Å². The number of carbonyl (C=O) groups excluding carboxylic acids is 2. The van der Waals surface area contributed by atoms with Gasteiger partial charge in [0.05, 0.1) is 30.7 Å². The summed E-state index contributed by atoms with van der Waals surface area (Å²) in [6.45, 7) is 3.84. The van der Waals surface area contributed by atoms with Gasteiger partial charge in [0.1, 0.15) is 18.5 Å². The third-order valence-corrected chi connectivity index (χ3v) is 6.15. The van der Waals surface area contributed by atoms with Gasteiger partial charge >= 0.3 is 6.09 Å². The number of ether oxygens (including phenoxy) is 1. The molecule has 0 spiro atoms. The number of anilines is 2. The highest BCUT2D eigenvalue weighted by Crippen LogP contribution is 2.30. The number of amides is 2. The fourth-order valence-electron chi connectivity index (χ4n) is 4.40. The van der Waals surface area contributed by atoms with E-state index in [0.717, 1.165) is 17.9 Å². The molecule has 3 aliphatic heterocycles. The maximum Gasteiger partial charge on any atom is 0.414 e. The van der Waals surface area contributed by atoms with E-state index in [4.69, 9.17) is 10.1 Å². The summed E-state index contributed by atoms with van der Waals surface area (Å²) < 4.78 is 20.2.